The van der Waals surface area contributed by atoms with E-state index in [9.17, 15) is 13.2 Å². The summed E-state index contributed by atoms with van der Waals surface area (Å²) in [5.74, 6) is -0.150. The molecule has 0 saturated carbocycles. The van der Waals surface area contributed by atoms with E-state index in [4.69, 9.17) is 5.11 Å². The molecule has 2 saturated heterocycles. The lowest BCUT2D eigenvalue weighted by molar-refractivity contribution is -0.151. The third-order valence-electron chi connectivity index (χ3n) is 4.46. The van der Waals surface area contributed by atoms with Crippen LogP contribution in [0.15, 0.2) is 0 Å². The summed E-state index contributed by atoms with van der Waals surface area (Å²) in [7, 11) is -2.81. The van der Waals surface area contributed by atoms with E-state index < -0.39 is 21.2 Å². The predicted octanol–water partition coefficient (Wildman–Crippen LogP) is 0.750. The predicted molar refractivity (Wildman–Crippen MR) is 68.2 cm³/mol. The molecule has 0 unspecified atom stereocenters. The molecule has 104 valence electrons. The van der Waals surface area contributed by atoms with Crippen molar-refractivity contribution in [1.29, 1.82) is 0 Å². The molecule has 2 rings (SSSR count). The van der Waals surface area contributed by atoms with Crippen molar-refractivity contribution in [2.45, 2.75) is 38.6 Å². The number of carbonyl (C=O) groups is 1. The highest BCUT2D eigenvalue weighted by Gasteiger charge is 2.39. The molecule has 0 aromatic rings. The summed E-state index contributed by atoms with van der Waals surface area (Å²) >= 11 is 0. The van der Waals surface area contributed by atoms with E-state index >= 15 is 0 Å². The van der Waals surface area contributed by atoms with Crippen LogP contribution >= 0.6 is 0 Å². The molecule has 2 heterocycles. The maximum Gasteiger partial charge on any atom is 0.309 e. The quantitative estimate of drug-likeness (QED) is 0.805. The fourth-order valence-electron chi connectivity index (χ4n) is 2.84. The normalized spacial score (nSPS) is 28.9. The third-order valence-corrected chi connectivity index (χ3v) is 6.17. The molecule has 2 aliphatic rings. The minimum atomic E-state index is -2.81. The van der Waals surface area contributed by atoms with Crippen molar-refractivity contribution in [2.24, 2.45) is 5.41 Å². The minimum absolute atomic E-state index is 0.282. The molecule has 2 fully saturated rings. The Hall–Kier alpha value is -0.620. The van der Waals surface area contributed by atoms with Gasteiger partial charge in [-0.15, -0.1) is 0 Å². The maximum absolute atomic E-state index is 11.4. The van der Waals surface area contributed by atoms with Crippen molar-refractivity contribution < 1.29 is 18.3 Å². The van der Waals surface area contributed by atoms with E-state index in [0.717, 1.165) is 13.1 Å². The van der Waals surface area contributed by atoms with Crippen molar-refractivity contribution in [3.63, 3.8) is 0 Å². The second kappa shape index (κ2) is 4.81. The molecular weight excluding hydrogens is 254 g/mol. The van der Waals surface area contributed by atoms with E-state index in [1.807, 2.05) is 0 Å². The van der Waals surface area contributed by atoms with Gasteiger partial charge < -0.3 is 10.0 Å². The zero-order chi connectivity index (χ0) is 13.4. The Kier molecular flexibility index (Phi) is 3.69. The van der Waals surface area contributed by atoms with Crippen LogP contribution in [0.3, 0.4) is 0 Å². The van der Waals surface area contributed by atoms with Crippen molar-refractivity contribution >= 4 is 15.8 Å². The van der Waals surface area contributed by atoms with Gasteiger partial charge in [0.15, 0.2) is 0 Å². The lowest BCUT2D eigenvalue weighted by Gasteiger charge is -2.41. The maximum atomic E-state index is 11.4. The average Bonchev–Trinajstić information content (AvgIpc) is 2.30. The molecule has 0 aromatic heterocycles. The van der Waals surface area contributed by atoms with Gasteiger partial charge in [0.25, 0.3) is 0 Å². The van der Waals surface area contributed by atoms with Crippen LogP contribution in [0, 0.1) is 5.41 Å². The molecule has 0 bridgehead atoms. The zero-order valence-electron chi connectivity index (χ0n) is 10.8. The Morgan fingerprint density at radius 2 is 1.72 bits per heavy atom. The van der Waals surface area contributed by atoms with Crippen LogP contribution in [-0.2, 0) is 14.6 Å². The number of aliphatic carboxylic acids is 1. The topological polar surface area (TPSA) is 74.7 Å². The molecule has 0 radical (unpaired) electrons. The van der Waals surface area contributed by atoms with Crippen LogP contribution in [0.25, 0.3) is 0 Å². The molecule has 6 heteroatoms. The van der Waals surface area contributed by atoms with Gasteiger partial charge in [0.05, 0.1) is 16.9 Å². The molecule has 0 aromatic carbocycles. The molecule has 0 atom stereocenters. The largest absolute Gasteiger partial charge is 0.481 e. The van der Waals surface area contributed by atoms with Gasteiger partial charge in [-0.25, -0.2) is 8.42 Å². The van der Waals surface area contributed by atoms with E-state index in [0.29, 0.717) is 31.7 Å². The molecule has 18 heavy (non-hydrogen) atoms. The number of likely N-dealkylation sites (tertiary alicyclic amines) is 1. The van der Waals surface area contributed by atoms with E-state index in [2.05, 4.69) is 4.90 Å². The fourth-order valence-corrected chi connectivity index (χ4v) is 4.31. The smallest absolute Gasteiger partial charge is 0.309 e. The van der Waals surface area contributed by atoms with Gasteiger partial charge in [0, 0.05) is 6.04 Å². The number of piperidine rings is 1. The van der Waals surface area contributed by atoms with E-state index in [1.54, 1.807) is 6.92 Å². The number of sulfone groups is 1. The summed E-state index contributed by atoms with van der Waals surface area (Å²) in [5, 5.41) is 9.16. The summed E-state index contributed by atoms with van der Waals surface area (Å²) in [5.41, 5.74) is -0.600. The van der Waals surface area contributed by atoms with Crippen molar-refractivity contribution in [2.75, 3.05) is 24.6 Å². The van der Waals surface area contributed by atoms with Crippen LogP contribution in [0.5, 0.6) is 0 Å². The van der Waals surface area contributed by atoms with Crippen LogP contribution < -0.4 is 0 Å². The summed E-state index contributed by atoms with van der Waals surface area (Å²) in [6, 6.07) is 0.326. The molecule has 0 spiro atoms. The number of carboxylic acids is 1. The third kappa shape index (κ3) is 2.85. The van der Waals surface area contributed by atoms with Gasteiger partial charge >= 0.3 is 5.97 Å². The van der Waals surface area contributed by atoms with Crippen molar-refractivity contribution in [1.82, 2.24) is 4.90 Å². The number of carboxylic acid groups (broad SMARTS) is 1. The van der Waals surface area contributed by atoms with Crippen molar-refractivity contribution in [3.8, 4) is 0 Å². The average molecular weight is 275 g/mol. The SMILES string of the molecule is CC1(C(=O)O)CCN(C2CCS(=O)(=O)CC2)CC1. The first-order chi connectivity index (χ1) is 8.32. The highest BCUT2D eigenvalue weighted by Crippen LogP contribution is 2.33. The molecule has 5 nitrogen and oxygen atoms in total. The Balaban J connectivity index is 1.89. The van der Waals surface area contributed by atoms with Crippen LogP contribution in [0.4, 0.5) is 0 Å². The molecule has 2 aliphatic heterocycles. The first-order valence-electron chi connectivity index (χ1n) is 6.50. The van der Waals surface area contributed by atoms with Crippen LogP contribution in [0.1, 0.15) is 32.6 Å². The fraction of sp³-hybridized carbons (Fsp3) is 0.917. The second-order valence-corrected chi connectivity index (χ2v) is 8.09. The second-order valence-electron chi connectivity index (χ2n) is 5.78. The first kappa shape index (κ1) is 13.8. The Bertz CT molecular complexity index is 409. The zero-order valence-corrected chi connectivity index (χ0v) is 11.6. The van der Waals surface area contributed by atoms with Gasteiger partial charge in [-0.05, 0) is 45.7 Å². The Labute approximate surface area is 108 Å². The Morgan fingerprint density at radius 3 is 2.17 bits per heavy atom. The lowest BCUT2D eigenvalue weighted by Crippen LogP contribution is -2.49. The summed E-state index contributed by atoms with van der Waals surface area (Å²) in [6.45, 7) is 3.35. The van der Waals surface area contributed by atoms with Crippen LogP contribution in [-0.4, -0.2) is 55.0 Å². The monoisotopic (exact) mass is 275 g/mol. The van der Waals surface area contributed by atoms with Gasteiger partial charge in [-0.1, -0.05) is 0 Å². The summed E-state index contributed by atoms with van der Waals surface area (Å²) < 4.78 is 22.8. The molecule has 0 amide bonds. The van der Waals surface area contributed by atoms with Gasteiger partial charge in [0.2, 0.25) is 0 Å². The van der Waals surface area contributed by atoms with Crippen molar-refractivity contribution in [3.05, 3.63) is 0 Å². The summed E-state index contributed by atoms with van der Waals surface area (Å²) in [6.07, 6.45) is 2.72. The Morgan fingerprint density at radius 1 is 1.22 bits per heavy atom. The van der Waals surface area contributed by atoms with E-state index in [1.165, 1.54) is 0 Å². The number of nitrogens with zero attached hydrogens (tertiary/aromatic N) is 1. The molecule has 0 aliphatic carbocycles. The van der Waals surface area contributed by atoms with Gasteiger partial charge in [-0.2, -0.15) is 0 Å². The number of rotatable bonds is 2. The summed E-state index contributed by atoms with van der Waals surface area (Å²) in [4.78, 5) is 13.4. The molecular formula is C12H21NO4S. The number of hydrogen-bond acceptors (Lipinski definition) is 4. The minimum Gasteiger partial charge on any atom is -0.481 e. The first-order valence-corrected chi connectivity index (χ1v) is 8.32. The lowest BCUT2D eigenvalue weighted by atomic mass is 9.80. The molecule has 1 N–H and O–H groups in total. The number of hydrogen-bond donors (Lipinski definition) is 1. The highest BCUT2D eigenvalue weighted by molar-refractivity contribution is 7.91. The highest BCUT2D eigenvalue weighted by atomic mass is 32.2. The van der Waals surface area contributed by atoms with Crippen LogP contribution in [0.2, 0.25) is 0 Å². The van der Waals surface area contributed by atoms with Gasteiger partial charge in [0.1, 0.15) is 9.84 Å². The van der Waals surface area contributed by atoms with E-state index in [-0.39, 0.29) is 11.5 Å². The standard InChI is InChI=1S/C12H21NO4S/c1-12(11(14)15)4-6-13(7-5-12)10-2-8-18(16,17)9-3-10/h10H,2-9H2,1H3,(H,14,15). The van der Waals surface area contributed by atoms with Gasteiger partial charge in [-0.3, -0.25) is 4.79 Å².